The maximum Gasteiger partial charge on any atom is 0.534 e. The lowest BCUT2D eigenvalue weighted by molar-refractivity contribution is -0.126. The maximum absolute atomic E-state index is 13.3. The Morgan fingerprint density at radius 3 is 2.43 bits per heavy atom. The summed E-state index contributed by atoms with van der Waals surface area (Å²) in [5, 5.41) is 2.84. The SMILES string of the molecule is C[C@H](NC(=O)C1CC2C[C@H]2N1C(=O)OC(C)(C)C)c1cc(OS(=O)(=O)C(F)(F)F)ccc1/C=C/C1CC1. The molecule has 2 saturated carbocycles. The van der Waals surface area contributed by atoms with Gasteiger partial charge in [0, 0.05) is 6.04 Å². The fourth-order valence-corrected chi connectivity index (χ4v) is 4.94. The molecule has 37 heavy (non-hydrogen) atoms. The molecular weight excluding hydrogens is 513 g/mol. The van der Waals surface area contributed by atoms with Crippen molar-refractivity contribution < 1.29 is 40.1 Å². The number of alkyl halides is 3. The van der Waals surface area contributed by atoms with E-state index in [1.54, 1.807) is 33.8 Å². The van der Waals surface area contributed by atoms with E-state index in [4.69, 9.17) is 4.74 Å². The summed E-state index contributed by atoms with van der Waals surface area (Å²) in [7, 11) is -5.85. The summed E-state index contributed by atoms with van der Waals surface area (Å²) in [6.45, 7) is 6.87. The second-order valence-electron chi connectivity index (χ2n) is 10.9. The summed E-state index contributed by atoms with van der Waals surface area (Å²) >= 11 is 0. The molecular formula is C25H31F3N2O6S. The lowest BCUT2D eigenvalue weighted by atomic mass is 9.99. The number of halogens is 3. The monoisotopic (exact) mass is 544 g/mol. The van der Waals surface area contributed by atoms with E-state index in [9.17, 15) is 31.2 Å². The summed E-state index contributed by atoms with van der Waals surface area (Å²) < 4.78 is 71.3. The minimum Gasteiger partial charge on any atom is -0.444 e. The van der Waals surface area contributed by atoms with Crippen molar-refractivity contribution in [3.8, 4) is 5.75 Å². The number of amides is 2. The molecule has 0 spiro atoms. The van der Waals surface area contributed by atoms with E-state index in [1.165, 1.54) is 17.0 Å². The van der Waals surface area contributed by atoms with Crippen molar-refractivity contribution in [1.82, 2.24) is 10.2 Å². The van der Waals surface area contributed by atoms with Crippen molar-refractivity contribution in [2.75, 3.05) is 0 Å². The van der Waals surface area contributed by atoms with Gasteiger partial charge in [0.1, 0.15) is 17.4 Å². The largest absolute Gasteiger partial charge is 0.534 e. The second kappa shape index (κ2) is 9.52. The average molecular weight is 545 g/mol. The Morgan fingerprint density at radius 1 is 1.16 bits per heavy atom. The molecule has 1 aliphatic heterocycles. The summed E-state index contributed by atoms with van der Waals surface area (Å²) in [5.74, 6) is -0.307. The van der Waals surface area contributed by atoms with E-state index in [-0.39, 0.29) is 12.0 Å². The number of hydrogen-bond donors (Lipinski definition) is 1. The van der Waals surface area contributed by atoms with Crippen LogP contribution in [0, 0.1) is 11.8 Å². The number of carbonyl (C=O) groups is 2. The van der Waals surface area contributed by atoms with Gasteiger partial charge in [-0.1, -0.05) is 18.2 Å². The van der Waals surface area contributed by atoms with E-state index in [1.807, 2.05) is 6.08 Å². The molecule has 4 rings (SSSR count). The lowest BCUT2D eigenvalue weighted by Gasteiger charge is -2.30. The first kappa shape index (κ1) is 27.3. The van der Waals surface area contributed by atoms with Crippen LogP contribution in [0.4, 0.5) is 18.0 Å². The highest BCUT2D eigenvalue weighted by atomic mass is 32.2. The number of carbonyl (C=O) groups excluding carboxylic acids is 2. The highest BCUT2D eigenvalue weighted by Crippen LogP contribution is 2.48. The fraction of sp³-hybridized carbons (Fsp3) is 0.600. The van der Waals surface area contributed by atoms with E-state index < -0.39 is 51.1 Å². The number of allylic oxidation sites excluding steroid dienone is 1. The molecule has 1 N–H and O–H groups in total. The Kier molecular flexibility index (Phi) is 7.02. The minimum atomic E-state index is -5.85. The third-order valence-corrected chi connectivity index (χ3v) is 7.53. The van der Waals surface area contributed by atoms with Gasteiger partial charge in [-0.05, 0) is 88.5 Å². The van der Waals surface area contributed by atoms with Crippen LogP contribution in [0.25, 0.3) is 6.08 Å². The molecule has 0 aromatic heterocycles. The number of hydrogen-bond acceptors (Lipinski definition) is 6. The molecule has 3 aliphatic rings. The van der Waals surface area contributed by atoms with Crippen LogP contribution in [-0.2, 0) is 19.6 Å². The van der Waals surface area contributed by atoms with Crippen molar-refractivity contribution >= 4 is 28.2 Å². The number of nitrogens with zero attached hydrogens (tertiary/aromatic N) is 1. The van der Waals surface area contributed by atoms with E-state index >= 15 is 0 Å². The highest BCUT2D eigenvalue weighted by molar-refractivity contribution is 7.88. The van der Waals surface area contributed by atoms with Crippen LogP contribution in [0.2, 0.25) is 0 Å². The predicted octanol–water partition coefficient (Wildman–Crippen LogP) is 4.91. The van der Waals surface area contributed by atoms with Crippen LogP contribution >= 0.6 is 0 Å². The lowest BCUT2D eigenvalue weighted by Crippen LogP contribution is -2.49. The maximum atomic E-state index is 13.3. The van der Waals surface area contributed by atoms with Gasteiger partial charge in [-0.15, -0.1) is 0 Å². The minimum absolute atomic E-state index is 0.0535. The molecule has 2 aliphatic carbocycles. The van der Waals surface area contributed by atoms with Gasteiger partial charge in [-0.25, -0.2) is 4.79 Å². The Balaban J connectivity index is 1.54. The Morgan fingerprint density at radius 2 is 1.84 bits per heavy atom. The average Bonchev–Trinajstić information content (AvgIpc) is 3.68. The first-order chi connectivity index (χ1) is 17.1. The molecule has 1 saturated heterocycles. The number of piperidine rings is 1. The van der Waals surface area contributed by atoms with Crippen LogP contribution in [-0.4, -0.2) is 48.5 Å². The smallest absolute Gasteiger partial charge is 0.444 e. The summed E-state index contributed by atoms with van der Waals surface area (Å²) in [4.78, 5) is 27.5. The number of benzene rings is 1. The van der Waals surface area contributed by atoms with Gasteiger partial charge in [0.2, 0.25) is 5.91 Å². The van der Waals surface area contributed by atoms with Crippen LogP contribution in [0.5, 0.6) is 5.75 Å². The number of fused-ring (bicyclic) bond motifs is 1. The molecule has 8 nitrogen and oxygen atoms in total. The standard InChI is InChI=1S/C25H31F3N2O6S/c1-14(29-22(31)21-12-17-11-20(17)30(21)23(32)35-24(2,3)4)19-13-18(36-37(33,34)25(26,27)28)10-9-16(19)8-7-15-5-6-15/h7-10,13-15,17,20-21H,5-6,11-12H2,1-4H3,(H,29,31)/b8-7+/t14-,17?,20+,21?/m0/s1. The van der Waals surface area contributed by atoms with Gasteiger partial charge in [0.15, 0.2) is 0 Å². The van der Waals surface area contributed by atoms with Crippen LogP contribution in [0.15, 0.2) is 24.3 Å². The van der Waals surface area contributed by atoms with Gasteiger partial charge < -0.3 is 14.2 Å². The fourth-order valence-electron chi connectivity index (χ4n) is 4.49. The van der Waals surface area contributed by atoms with Gasteiger partial charge in [0.05, 0.1) is 6.04 Å². The van der Waals surface area contributed by atoms with Crippen molar-refractivity contribution in [2.45, 2.75) is 82.6 Å². The zero-order valence-corrected chi connectivity index (χ0v) is 21.9. The van der Waals surface area contributed by atoms with Gasteiger partial charge in [-0.3, -0.25) is 9.69 Å². The number of nitrogens with one attached hydrogen (secondary N) is 1. The zero-order valence-electron chi connectivity index (χ0n) is 21.0. The first-order valence-electron chi connectivity index (χ1n) is 12.2. The zero-order chi connectivity index (χ0) is 27.3. The second-order valence-corrected chi connectivity index (χ2v) is 12.4. The number of rotatable bonds is 7. The van der Waals surface area contributed by atoms with Gasteiger partial charge >= 0.3 is 21.7 Å². The Hall–Kier alpha value is -2.76. The summed E-state index contributed by atoms with van der Waals surface area (Å²) in [6.07, 6.45) is 6.57. The number of likely N-dealkylation sites (tertiary alicyclic amines) is 1. The van der Waals surface area contributed by atoms with E-state index in [0.717, 1.165) is 25.3 Å². The molecule has 12 heteroatoms. The molecule has 2 amide bonds. The number of ether oxygens (including phenoxy) is 1. The van der Waals surface area contributed by atoms with Crippen molar-refractivity contribution in [3.05, 3.63) is 35.4 Å². The molecule has 0 bridgehead atoms. The molecule has 1 aromatic carbocycles. The Labute approximate surface area is 214 Å². The first-order valence-corrected chi connectivity index (χ1v) is 13.6. The predicted molar refractivity (Wildman–Crippen MR) is 129 cm³/mol. The molecule has 3 fully saturated rings. The summed E-state index contributed by atoms with van der Waals surface area (Å²) in [5.41, 5.74) is -5.31. The van der Waals surface area contributed by atoms with E-state index in [0.29, 0.717) is 23.5 Å². The molecule has 1 heterocycles. The van der Waals surface area contributed by atoms with Gasteiger partial charge in [0.25, 0.3) is 0 Å². The third kappa shape index (κ3) is 6.39. The normalized spacial score (nSPS) is 24.5. The molecule has 2 unspecified atom stereocenters. The van der Waals surface area contributed by atoms with Crippen molar-refractivity contribution in [1.29, 1.82) is 0 Å². The molecule has 204 valence electrons. The highest BCUT2D eigenvalue weighted by Gasteiger charge is 2.57. The van der Waals surface area contributed by atoms with E-state index in [2.05, 4.69) is 9.50 Å². The van der Waals surface area contributed by atoms with Crippen molar-refractivity contribution in [2.24, 2.45) is 11.8 Å². The molecule has 1 aromatic rings. The topological polar surface area (TPSA) is 102 Å². The third-order valence-electron chi connectivity index (χ3n) is 6.55. The van der Waals surface area contributed by atoms with Crippen LogP contribution in [0.1, 0.15) is 70.5 Å². The molecule has 4 atom stereocenters. The van der Waals surface area contributed by atoms with Crippen molar-refractivity contribution in [3.63, 3.8) is 0 Å². The van der Waals surface area contributed by atoms with Gasteiger partial charge in [-0.2, -0.15) is 21.6 Å². The quantitative estimate of drug-likeness (QED) is 0.387. The summed E-state index contributed by atoms with van der Waals surface area (Å²) in [6, 6.07) is 2.26. The van der Waals surface area contributed by atoms with Crippen LogP contribution < -0.4 is 9.50 Å². The molecule has 0 radical (unpaired) electrons. The van der Waals surface area contributed by atoms with Crippen LogP contribution in [0.3, 0.4) is 0 Å². The Bertz CT molecular complexity index is 1200.